The lowest BCUT2D eigenvalue weighted by Crippen LogP contribution is -2.51. The van der Waals surface area contributed by atoms with E-state index in [9.17, 15) is 27.6 Å². The first-order valence-electron chi connectivity index (χ1n) is 9.23. The maximum atomic E-state index is 13.6. The number of halogens is 3. The maximum Gasteiger partial charge on any atom is 0.243 e. The molecule has 160 valence electrons. The Balaban J connectivity index is 1.91. The van der Waals surface area contributed by atoms with Crippen molar-refractivity contribution < 1.29 is 27.6 Å². The monoisotopic (exact) mass is 421 g/mol. The van der Waals surface area contributed by atoms with Gasteiger partial charge in [-0.05, 0) is 23.6 Å². The quantitative estimate of drug-likeness (QED) is 0.573. The first-order chi connectivity index (χ1) is 14.2. The summed E-state index contributed by atoms with van der Waals surface area (Å²) in [6, 6.07) is 9.63. The minimum Gasteiger partial charge on any atom is -0.345 e. The Hall–Kier alpha value is -3.36. The van der Waals surface area contributed by atoms with Crippen LogP contribution in [-0.4, -0.2) is 30.3 Å². The van der Waals surface area contributed by atoms with E-state index >= 15 is 0 Å². The summed E-state index contributed by atoms with van der Waals surface area (Å²) in [5.74, 6) is -6.70. The van der Waals surface area contributed by atoms with Crippen LogP contribution in [0.25, 0.3) is 0 Å². The van der Waals surface area contributed by atoms with Crippen LogP contribution in [0.4, 0.5) is 18.9 Å². The highest BCUT2D eigenvalue weighted by Gasteiger charge is 2.24. The number of hydrogen-bond acceptors (Lipinski definition) is 3. The first-order valence-corrected chi connectivity index (χ1v) is 9.23. The number of carbonyl (C=O) groups is 3. The van der Waals surface area contributed by atoms with Gasteiger partial charge in [-0.3, -0.25) is 14.4 Å². The van der Waals surface area contributed by atoms with E-state index in [0.29, 0.717) is 6.07 Å². The van der Waals surface area contributed by atoms with Crippen molar-refractivity contribution in [3.63, 3.8) is 0 Å². The SMILES string of the molecule is CC(C)C(NC(=O)Cc1ccccc1)C(=O)NCC(=O)Nc1ccc(F)c(F)c1F. The van der Waals surface area contributed by atoms with Crippen molar-refractivity contribution in [1.29, 1.82) is 0 Å². The number of carbonyl (C=O) groups excluding carboxylic acids is 3. The predicted octanol–water partition coefficient (Wildman–Crippen LogP) is 2.54. The Morgan fingerprint density at radius 2 is 1.57 bits per heavy atom. The van der Waals surface area contributed by atoms with Gasteiger partial charge in [-0.15, -0.1) is 0 Å². The van der Waals surface area contributed by atoms with Crippen LogP contribution in [0.1, 0.15) is 19.4 Å². The molecule has 1 atom stereocenters. The Kier molecular flexibility index (Phi) is 7.97. The van der Waals surface area contributed by atoms with E-state index in [2.05, 4.69) is 16.0 Å². The molecule has 3 N–H and O–H groups in total. The summed E-state index contributed by atoms with van der Waals surface area (Å²) in [5, 5.41) is 7.02. The van der Waals surface area contributed by atoms with Crippen LogP contribution in [0.15, 0.2) is 42.5 Å². The normalized spacial score (nSPS) is 11.7. The van der Waals surface area contributed by atoms with E-state index in [1.807, 2.05) is 6.07 Å². The van der Waals surface area contributed by atoms with Crippen LogP contribution in [0.5, 0.6) is 0 Å². The van der Waals surface area contributed by atoms with Crippen molar-refractivity contribution >= 4 is 23.4 Å². The zero-order valence-electron chi connectivity index (χ0n) is 16.5. The molecular formula is C21H22F3N3O3. The molecule has 2 rings (SSSR count). The maximum absolute atomic E-state index is 13.6. The van der Waals surface area contributed by atoms with Gasteiger partial charge >= 0.3 is 0 Å². The average molecular weight is 421 g/mol. The number of anilines is 1. The smallest absolute Gasteiger partial charge is 0.243 e. The summed E-state index contributed by atoms with van der Waals surface area (Å²) in [4.78, 5) is 36.6. The van der Waals surface area contributed by atoms with Gasteiger partial charge in [0.25, 0.3) is 0 Å². The molecule has 0 saturated heterocycles. The lowest BCUT2D eigenvalue weighted by atomic mass is 10.0. The summed E-state index contributed by atoms with van der Waals surface area (Å²) in [5.41, 5.74) is 0.232. The molecule has 0 fully saturated rings. The van der Waals surface area contributed by atoms with Crippen molar-refractivity contribution in [2.75, 3.05) is 11.9 Å². The van der Waals surface area contributed by atoms with E-state index in [4.69, 9.17) is 0 Å². The lowest BCUT2D eigenvalue weighted by molar-refractivity contribution is -0.130. The van der Waals surface area contributed by atoms with E-state index in [1.54, 1.807) is 38.1 Å². The molecule has 0 aliphatic carbocycles. The second-order valence-electron chi connectivity index (χ2n) is 6.94. The van der Waals surface area contributed by atoms with Gasteiger partial charge in [-0.2, -0.15) is 0 Å². The number of amides is 3. The Morgan fingerprint density at radius 3 is 2.20 bits per heavy atom. The lowest BCUT2D eigenvalue weighted by Gasteiger charge is -2.21. The van der Waals surface area contributed by atoms with Crippen molar-refractivity contribution in [2.45, 2.75) is 26.3 Å². The summed E-state index contributed by atoms with van der Waals surface area (Å²) in [7, 11) is 0. The van der Waals surface area contributed by atoms with Gasteiger partial charge in [0, 0.05) is 0 Å². The highest BCUT2D eigenvalue weighted by molar-refractivity contribution is 5.96. The van der Waals surface area contributed by atoms with Crippen LogP contribution < -0.4 is 16.0 Å². The molecule has 9 heteroatoms. The van der Waals surface area contributed by atoms with Gasteiger partial charge in [0.1, 0.15) is 6.04 Å². The molecule has 0 aliphatic rings. The fourth-order valence-electron chi connectivity index (χ4n) is 2.63. The fourth-order valence-corrected chi connectivity index (χ4v) is 2.63. The summed E-state index contributed by atoms with van der Waals surface area (Å²) < 4.78 is 39.8. The minimum absolute atomic E-state index is 0.0905. The van der Waals surface area contributed by atoms with Crippen LogP contribution in [0, 0.1) is 23.4 Å². The Bertz CT molecular complexity index is 920. The molecule has 2 aromatic rings. The topological polar surface area (TPSA) is 87.3 Å². The molecule has 0 spiro atoms. The zero-order valence-corrected chi connectivity index (χ0v) is 16.5. The van der Waals surface area contributed by atoms with Crippen LogP contribution in [-0.2, 0) is 20.8 Å². The third-order valence-corrected chi connectivity index (χ3v) is 4.21. The molecule has 0 bridgehead atoms. The average Bonchev–Trinajstić information content (AvgIpc) is 2.71. The molecule has 0 radical (unpaired) electrons. The van der Waals surface area contributed by atoms with Gasteiger partial charge in [0.2, 0.25) is 17.7 Å². The van der Waals surface area contributed by atoms with E-state index in [-0.39, 0.29) is 18.2 Å². The van der Waals surface area contributed by atoms with Crippen molar-refractivity contribution in [1.82, 2.24) is 10.6 Å². The van der Waals surface area contributed by atoms with Gasteiger partial charge in [-0.1, -0.05) is 44.2 Å². The number of rotatable bonds is 8. The van der Waals surface area contributed by atoms with Gasteiger partial charge < -0.3 is 16.0 Å². The van der Waals surface area contributed by atoms with Crippen molar-refractivity contribution in [2.24, 2.45) is 5.92 Å². The van der Waals surface area contributed by atoms with Crippen LogP contribution in [0.2, 0.25) is 0 Å². The third-order valence-electron chi connectivity index (χ3n) is 4.21. The first kappa shape index (κ1) is 22.9. The molecule has 0 heterocycles. The highest BCUT2D eigenvalue weighted by Crippen LogP contribution is 2.19. The molecular weight excluding hydrogens is 399 g/mol. The summed E-state index contributed by atoms with van der Waals surface area (Å²) in [6.45, 7) is 2.91. The van der Waals surface area contributed by atoms with Gasteiger partial charge in [-0.25, -0.2) is 13.2 Å². The fraction of sp³-hybridized carbons (Fsp3) is 0.286. The van der Waals surface area contributed by atoms with Crippen LogP contribution >= 0.6 is 0 Å². The molecule has 1 unspecified atom stereocenters. The third kappa shape index (κ3) is 6.33. The molecule has 0 saturated carbocycles. The molecule has 6 nitrogen and oxygen atoms in total. The predicted molar refractivity (Wildman–Crippen MR) is 105 cm³/mol. The van der Waals surface area contributed by atoms with Crippen molar-refractivity contribution in [3.05, 3.63) is 65.5 Å². The highest BCUT2D eigenvalue weighted by atomic mass is 19.2. The Morgan fingerprint density at radius 1 is 0.900 bits per heavy atom. The van der Waals surface area contributed by atoms with E-state index in [1.165, 1.54) is 0 Å². The Labute approximate surface area is 171 Å². The van der Waals surface area contributed by atoms with Crippen LogP contribution in [0.3, 0.4) is 0 Å². The number of hydrogen-bond donors (Lipinski definition) is 3. The summed E-state index contributed by atoms with van der Waals surface area (Å²) >= 11 is 0. The standard InChI is InChI=1S/C21H22F3N3O3/c1-12(2)20(27-16(28)10-13-6-4-3-5-7-13)21(30)25-11-17(29)26-15-9-8-14(22)18(23)19(15)24/h3-9,12,20H,10-11H2,1-2H3,(H,25,30)(H,26,29)(H,27,28). The summed E-state index contributed by atoms with van der Waals surface area (Å²) in [6.07, 6.45) is 0.0905. The second kappa shape index (κ2) is 10.4. The van der Waals surface area contributed by atoms with E-state index < -0.39 is 47.5 Å². The molecule has 0 aliphatic heterocycles. The van der Waals surface area contributed by atoms with E-state index in [0.717, 1.165) is 11.6 Å². The molecule has 0 aromatic heterocycles. The second-order valence-corrected chi connectivity index (χ2v) is 6.94. The minimum atomic E-state index is -1.71. The largest absolute Gasteiger partial charge is 0.345 e. The molecule has 2 aromatic carbocycles. The molecule has 30 heavy (non-hydrogen) atoms. The number of benzene rings is 2. The van der Waals surface area contributed by atoms with Gasteiger partial charge in [0.05, 0.1) is 18.7 Å². The number of nitrogens with one attached hydrogen (secondary N) is 3. The molecule has 3 amide bonds. The van der Waals surface area contributed by atoms with Gasteiger partial charge in [0.15, 0.2) is 17.5 Å². The van der Waals surface area contributed by atoms with Crippen molar-refractivity contribution in [3.8, 4) is 0 Å². The zero-order chi connectivity index (χ0) is 22.3.